The van der Waals surface area contributed by atoms with Crippen molar-refractivity contribution in [1.29, 1.82) is 0 Å². The Kier molecular flexibility index (Phi) is 9.22. The van der Waals surface area contributed by atoms with E-state index in [0.29, 0.717) is 0 Å². The molecule has 13 heavy (non-hydrogen) atoms. The molecule has 0 saturated heterocycles. The summed E-state index contributed by atoms with van der Waals surface area (Å²) in [6, 6.07) is 9.87. The molecule has 0 atom stereocenters. The topological polar surface area (TPSA) is 9.23 Å². The van der Waals surface area contributed by atoms with Crippen LogP contribution in [-0.4, -0.2) is 11.9 Å². The summed E-state index contributed by atoms with van der Waals surface area (Å²) in [4.78, 5) is 0. The van der Waals surface area contributed by atoms with Crippen LogP contribution in [0.2, 0.25) is 0 Å². The number of para-hydroxylation sites is 1. The van der Waals surface area contributed by atoms with E-state index in [2.05, 4.69) is 15.9 Å². The lowest BCUT2D eigenvalue weighted by atomic mass is 10.3. The van der Waals surface area contributed by atoms with E-state index in [1.807, 2.05) is 44.2 Å². The molecular weight excluding hydrogens is 228 g/mol. The highest BCUT2D eigenvalue weighted by atomic mass is 79.9. The number of hydrogen-bond donors (Lipinski definition) is 0. The zero-order chi connectivity index (χ0) is 9.94. The van der Waals surface area contributed by atoms with Crippen molar-refractivity contribution in [3.63, 3.8) is 0 Å². The minimum atomic E-state index is 0.787. The van der Waals surface area contributed by atoms with Crippen LogP contribution in [0.4, 0.5) is 0 Å². The Morgan fingerprint density at radius 2 is 1.77 bits per heavy atom. The number of ether oxygens (including phenoxy) is 1. The second kappa shape index (κ2) is 9.59. The Balaban J connectivity index is 0.000000671. The number of rotatable bonds is 4. The van der Waals surface area contributed by atoms with E-state index in [-0.39, 0.29) is 0 Å². The molecule has 1 nitrogen and oxygen atoms in total. The molecule has 0 saturated carbocycles. The maximum absolute atomic E-state index is 5.42. The summed E-state index contributed by atoms with van der Waals surface area (Å²) in [7, 11) is 0. The van der Waals surface area contributed by atoms with Gasteiger partial charge in [0.25, 0.3) is 0 Å². The Labute approximate surface area is 89.2 Å². The van der Waals surface area contributed by atoms with Crippen molar-refractivity contribution in [3.05, 3.63) is 30.3 Å². The van der Waals surface area contributed by atoms with Gasteiger partial charge in [0.05, 0.1) is 6.61 Å². The Bertz CT molecular complexity index is 187. The van der Waals surface area contributed by atoms with Crippen molar-refractivity contribution in [1.82, 2.24) is 0 Å². The molecule has 1 rings (SSSR count). The zero-order valence-electron chi connectivity index (χ0n) is 8.29. The Morgan fingerprint density at radius 3 is 2.31 bits per heavy atom. The fraction of sp³-hybridized carbons (Fsp3) is 0.455. The molecule has 1 aromatic rings. The van der Waals surface area contributed by atoms with Gasteiger partial charge in [0.2, 0.25) is 0 Å². The third-order valence-corrected chi connectivity index (χ3v) is 1.85. The fourth-order valence-corrected chi connectivity index (χ4v) is 0.990. The molecule has 1 aromatic carbocycles. The van der Waals surface area contributed by atoms with E-state index in [0.717, 1.165) is 24.1 Å². The minimum Gasteiger partial charge on any atom is -0.494 e. The summed E-state index contributed by atoms with van der Waals surface area (Å²) in [5, 5.41) is 1.000. The van der Waals surface area contributed by atoms with E-state index in [9.17, 15) is 0 Å². The predicted molar refractivity (Wildman–Crippen MR) is 61.7 cm³/mol. The molecule has 0 spiro atoms. The number of halogens is 1. The SMILES string of the molecule is BrCCCOc1ccccc1.CC. The number of benzene rings is 1. The van der Waals surface area contributed by atoms with Gasteiger partial charge < -0.3 is 4.74 Å². The first-order valence-electron chi connectivity index (χ1n) is 4.67. The summed E-state index contributed by atoms with van der Waals surface area (Å²) in [5.74, 6) is 0.952. The van der Waals surface area contributed by atoms with Gasteiger partial charge in [0, 0.05) is 5.33 Å². The molecule has 0 aromatic heterocycles. The molecule has 0 aliphatic carbocycles. The molecule has 0 heterocycles. The number of hydrogen-bond acceptors (Lipinski definition) is 1. The first-order valence-corrected chi connectivity index (χ1v) is 5.79. The lowest BCUT2D eigenvalue weighted by Gasteiger charge is -2.02. The van der Waals surface area contributed by atoms with Gasteiger partial charge in [0.1, 0.15) is 5.75 Å². The second-order valence-corrected chi connectivity index (χ2v) is 3.00. The van der Waals surface area contributed by atoms with Crippen molar-refractivity contribution in [2.24, 2.45) is 0 Å². The number of alkyl halides is 1. The minimum absolute atomic E-state index is 0.787. The largest absolute Gasteiger partial charge is 0.494 e. The maximum atomic E-state index is 5.42. The van der Waals surface area contributed by atoms with Crippen molar-refractivity contribution in [2.75, 3.05) is 11.9 Å². The molecule has 0 radical (unpaired) electrons. The monoisotopic (exact) mass is 244 g/mol. The third kappa shape index (κ3) is 6.64. The molecule has 0 unspecified atom stereocenters. The van der Waals surface area contributed by atoms with E-state index >= 15 is 0 Å². The van der Waals surface area contributed by atoms with Crippen molar-refractivity contribution in [3.8, 4) is 5.75 Å². The van der Waals surface area contributed by atoms with Gasteiger partial charge in [-0.3, -0.25) is 0 Å². The fourth-order valence-electron chi connectivity index (χ4n) is 0.761. The predicted octanol–water partition coefficient (Wildman–Crippen LogP) is 3.88. The van der Waals surface area contributed by atoms with Crippen LogP contribution in [0.1, 0.15) is 20.3 Å². The third-order valence-electron chi connectivity index (χ3n) is 1.29. The van der Waals surface area contributed by atoms with Gasteiger partial charge in [-0.25, -0.2) is 0 Å². The van der Waals surface area contributed by atoms with Crippen LogP contribution in [-0.2, 0) is 0 Å². The summed E-state index contributed by atoms with van der Waals surface area (Å²) in [6.07, 6.45) is 1.05. The van der Waals surface area contributed by atoms with Gasteiger partial charge in [-0.2, -0.15) is 0 Å². The zero-order valence-corrected chi connectivity index (χ0v) is 9.88. The van der Waals surface area contributed by atoms with Crippen molar-refractivity contribution in [2.45, 2.75) is 20.3 Å². The molecule has 0 aliphatic rings. The van der Waals surface area contributed by atoms with Crippen LogP contribution < -0.4 is 4.74 Å². The van der Waals surface area contributed by atoms with E-state index in [1.54, 1.807) is 0 Å². The average molecular weight is 245 g/mol. The molecule has 0 bridgehead atoms. The van der Waals surface area contributed by atoms with Crippen LogP contribution in [0.3, 0.4) is 0 Å². The van der Waals surface area contributed by atoms with Crippen LogP contribution in [0, 0.1) is 0 Å². The molecule has 0 N–H and O–H groups in total. The van der Waals surface area contributed by atoms with Crippen molar-refractivity contribution < 1.29 is 4.74 Å². The van der Waals surface area contributed by atoms with E-state index in [1.165, 1.54) is 0 Å². The van der Waals surface area contributed by atoms with Crippen LogP contribution >= 0.6 is 15.9 Å². The first kappa shape index (κ1) is 12.5. The Morgan fingerprint density at radius 1 is 1.15 bits per heavy atom. The molecule has 74 valence electrons. The summed E-state index contributed by atoms with van der Waals surface area (Å²) in [5.41, 5.74) is 0. The molecule has 0 amide bonds. The van der Waals surface area contributed by atoms with Gasteiger partial charge in [0.15, 0.2) is 0 Å². The van der Waals surface area contributed by atoms with Crippen LogP contribution in [0.25, 0.3) is 0 Å². The van der Waals surface area contributed by atoms with Gasteiger partial charge in [-0.1, -0.05) is 48.0 Å². The molecular formula is C11H17BrO. The van der Waals surface area contributed by atoms with Crippen LogP contribution in [0.15, 0.2) is 30.3 Å². The highest BCUT2D eigenvalue weighted by molar-refractivity contribution is 9.09. The van der Waals surface area contributed by atoms with Gasteiger partial charge >= 0.3 is 0 Å². The lowest BCUT2D eigenvalue weighted by Crippen LogP contribution is -1.96. The maximum Gasteiger partial charge on any atom is 0.119 e. The lowest BCUT2D eigenvalue weighted by molar-refractivity contribution is 0.319. The van der Waals surface area contributed by atoms with Crippen LogP contribution in [0.5, 0.6) is 5.75 Å². The standard InChI is InChI=1S/C9H11BrO.C2H6/c10-7-4-8-11-9-5-2-1-3-6-9;1-2/h1-3,5-6H,4,7-8H2;1-2H3. The summed E-state index contributed by atoms with van der Waals surface area (Å²) in [6.45, 7) is 4.79. The molecule has 0 fully saturated rings. The van der Waals surface area contributed by atoms with Gasteiger partial charge in [-0.15, -0.1) is 0 Å². The normalized spacial score (nSPS) is 8.54. The second-order valence-electron chi connectivity index (χ2n) is 2.20. The molecule has 2 heteroatoms. The molecule has 0 aliphatic heterocycles. The smallest absolute Gasteiger partial charge is 0.119 e. The first-order chi connectivity index (χ1) is 6.43. The highest BCUT2D eigenvalue weighted by Crippen LogP contribution is 2.08. The van der Waals surface area contributed by atoms with E-state index < -0.39 is 0 Å². The Hall–Kier alpha value is -0.500. The summed E-state index contributed by atoms with van der Waals surface area (Å²) >= 11 is 3.34. The van der Waals surface area contributed by atoms with E-state index in [4.69, 9.17) is 4.74 Å². The van der Waals surface area contributed by atoms with Gasteiger partial charge in [-0.05, 0) is 18.6 Å². The quantitative estimate of drug-likeness (QED) is 0.577. The summed E-state index contributed by atoms with van der Waals surface area (Å²) < 4.78 is 5.42. The highest BCUT2D eigenvalue weighted by Gasteiger charge is 1.88. The average Bonchev–Trinajstić information content (AvgIpc) is 2.23. The van der Waals surface area contributed by atoms with Crippen molar-refractivity contribution >= 4 is 15.9 Å².